The Hall–Kier alpha value is -2.64. The fourth-order valence-electron chi connectivity index (χ4n) is 4.70. The standard InChI is InChI=1S/C25H27N3O3S/c1-16-14-18-8-3-6-12-22(18)28(16)23(29)17(2)32-25-26-21-11-5-4-10-20(21)24(30)27(25)15-19-9-7-13-31-19/h3-6,8,10-12,16-17,19H,7,9,13-15H2,1-2H3/t16-,17+,19-/m1/s1. The summed E-state index contributed by atoms with van der Waals surface area (Å²) in [5, 5.41) is 0.786. The molecule has 5 rings (SSSR count). The number of para-hydroxylation sites is 2. The fourth-order valence-corrected chi connectivity index (χ4v) is 5.66. The van der Waals surface area contributed by atoms with Crippen LogP contribution in [0.5, 0.6) is 0 Å². The maximum atomic E-state index is 13.5. The lowest BCUT2D eigenvalue weighted by molar-refractivity contribution is -0.118. The zero-order chi connectivity index (χ0) is 22.2. The van der Waals surface area contributed by atoms with Gasteiger partial charge in [0.25, 0.3) is 5.56 Å². The molecule has 0 spiro atoms. The first-order valence-corrected chi connectivity index (χ1v) is 12.1. The van der Waals surface area contributed by atoms with E-state index in [0.717, 1.165) is 31.6 Å². The summed E-state index contributed by atoms with van der Waals surface area (Å²) in [6.07, 6.45) is 2.80. The van der Waals surface area contributed by atoms with Gasteiger partial charge in [-0.05, 0) is 56.9 Å². The van der Waals surface area contributed by atoms with Crippen LogP contribution in [0.25, 0.3) is 10.9 Å². The van der Waals surface area contributed by atoms with Crippen LogP contribution in [0.4, 0.5) is 5.69 Å². The summed E-state index contributed by atoms with van der Waals surface area (Å²) in [5.74, 6) is 0.0403. The lowest BCUT2D eigenvalue weighted by Gasteiger charge is -2.26. The van der Waals surface area contributed by atoms with Crippen molar-refractivity contribution in [3.8, 4) is 0 Å². The molecule has 32 heavy (non-hydrogen) atoms. The van der Waals surface area contributed by atoms with Crippen molar-refractivity contribution in [2.75, 3.05) is 11.5 Å². The number of thioether (sulfide) groups is 1. The second-order valence-corrected chi connectivity index (χ2v) is 9.92. The first-order valence-electron chi connectivity index (χ1n) is 11.2. The fraction of sp³-hybridized carbons (Fsp3) is 0.400. The molecule has 1 saturated heterocycles. The van der Waals surface area contributed by atoms with Crippen molar-refractivity contribution in [1.82, 2.24) is 9.55 Å². The van der Waals surface area contributed by atoms with Crippen LogP contribution in [-0.4, -0.2) is 39.5 Å². The molecule has 2 aromatic carbocycles. The highest BCUT2D eigenvalue weighted by molar-refractivity contribution is 8.00. The molecule has 0 radical (unpaired) electrons. The Balaban J connectivity index is 1.47. The summed E-state index contributed by atoms with van der Waals surface area (Å²) in [6.45, 7) is 5.17. The molecule has 1 amide bonds. The minimum Gasteiger partial charge on any atom is -0.376 e. The number of fused-ring (bicyclic) bond motifs is 2. The molecule has 0 saturated carbocycles. The summed E-state index contributed by atoms with van der Waals surface area (Å²) in [5.41, 5.74) is 2.77. The molecule has 2 aliphatic heterocycles. The van der Waals surface area contributed by atoms with Crippen molar-refractivity contribution >= 4 is 34.3 Å². The Morgan fingerprint density at radius 3 is 2.81 bits per heavy atom. The molecule has 0 unspecified atom stereocenters. The molecule has 0 N–H and O–H groups in total. The van der Waals surface area contributed by atoms with Crippen molar-refractivity contribution in [3.05, 3.63) is 64.4 Å². The minimum atomic E-state index is -0.382. The summed E-state index contributed by atoms with van der Waals surface area (Å²) in [4.78, 5) is 33.5. The topological polar surface area (TPSA) is 64.4 Å². The summed E-state index contributed by atoms with van der Waals surface area (Å²) < 4.78 is 7.50. The van der Waals surface area contributed by atoms with Gasteiger partial charge in [-0.15, -0.1) is 0 Å². The number of amides is 1. The number of hydrogen-bond donors (Lipinski definition) is 0. The number of benzene rings is 2. The zero-order valence-corrected chi connectivity index (χ0v) is 19.2. The van der Waals surface area contributed by atoms with Crippen molar-refractivity contribution in [3.63, 3.8) is 0 Å². The Bertz CT molecular complexity index is 1220. The van der Waals surface area contributed by atoms with Gasteiger partial charge in [-0.1, -0.05) is 42.1 Å². The molecule has 1 fully saturated rings. The van der Waals surface area contributed by atoms with Crippen LogP contribution in [0, 0.1) is 0 Å². The average Bonchev–Trinajstić information content (AvgIpc) is 3.42. The van der Waals surface area contributed by atoms with Gasteiger partial charge in [-0.25, -0.2) is 4.98 Å². The smallest absolute Gasteiger partial charge is 0.262 e. The normalized spacial score (nSPS) is 21.1. The number of hydrogen-bond acceptors (Lipinski definition) is 5. The van der Waals surface area contributed by atoms with Crippen molar-refractivity contribution in [1.29, 1.82) is 0 Å². The molecule has 3 heterocycles. The Morgan fingerprint density at radius 2 is 2.00 bits per heavy atom. The second kappa shape index (κ2) is 8.71. The van der Waals surface area contributed by atoms with Crippen LogP contribution >= 0.6 is 11.8 Å². The second-order valence-electron chi connectivity index (χ2n) is 8.61. The van der Waals surface area contributed by atoms with Gasteiger partial charge in [0.15, 0.2) is 5.16 Å². The van der Waals surface area contributed by atoms with E-state index in [0.29, 0.717) is 22.6 Å². The van der Waals surface area contributed by atoms with Crippen LogP contribution in [0.1, 0.15) is 32.3 Å². The lowest BCUT2D eigenvalue weighted by Crippen LogP contribution is -2.40. The molecule has 2 aliphatic rings. The highest BCUT2D eigenvalue weighted by Gasteiger charge is 2.34. The van der Waals surface area contributed by atoms with Gasteiger partial charge < -0.3 is 9.64 Å². The van der Waals surface area contributed by atoms with E-state index in [9.17, 15) is 9.59 Å². The number of ether oxygens (including phenoxy) is 1. The van der Waals surface area contributed by atoms with E-state index in [2.05, 4.69) is 13.0 Å². The molecular formula is C25H27N3O3S. The number of carbonyl (C=O) groups is 1. The molecule has 3 atom stereocenters. The molecule has 6 nitrogen and oxygen atoms in total. The number of aromatic nitrogens is 2. The van der Waals surface area contributed by atoms with E-state index in [1.807, 2.05) is 54.3 Å². The predicted molar refractivity (Wildman–Crippen MR) is 127 cm³/mol. The maximum Gasteiger partial charge on any atom is 0.262 e. The summed E-state index contributed by atoms with van der Waals surface area (Å²) in [7, 11) is 0. The van der Waals surface area contributed by atoms with Gasteiger partial charge in [-0.2, -0.15) is 0 Å². The quantitative estimate of drug-likeness (QED) is 0.435. The van der Waals surface area contributed by atoms with Gasteiger partial charge in [0, 0.05) is 18.3 Å². The maximum absolute atomic E-state index is 13.5. The van der Waals surface area contributed by atoms with Gasteiger partial charge in [0.2, 0.25) is 5.91 Å². The van der Waals surface area contributed by atoms with E-state index < -0.39 is 0 Å². The third kappa shape index (κ3) is 3.84. The highest BCUT2D eigenvalue weighted by atomic mass is 32.2. The minimum absolute atomic E-state index is 0.00602. The van der Waals surface area contributed by atoms with Gasteiger partial charge in [-0.3, -0.25) is 14.2 Å². The van der Waals surface area contributed by atoms with E-state index in [1.165, 1.54) is 17.3 Å². The molecule has 0 bridgehead atoms. The number of anilines is 1. The highest BCUT2D eigenvalue weighted by Crippen LogP contribution is 2.34. The summed E-state index contributed by atoms with van der Waals surface area (Å²) in [6, 6.07) is 15.6. The van der Waals surface area contributed by atoms with Gasteiger partial charge in [0.05, 0.1) is 28.8 Å². The van der Waals surface area contributed by atoms with Crippen LogP contribution in [-0.2, 0) is 22.5 Å². The first kappa shape index (κ1) is 21.2. The van der Waals surface area contributed by atoms with Gasteiger partial charge >= 0.3 is 0 Å². The third-order valence-corrected chi connectivity index (χ3v) is 7.39. The largest absolute Gasteiger partial charge is 0.376 e. The number of carbonyl (C=O) groups excluding carboxylic acids is 1. The Morgan fingerprint density at radius 1 is 1.22 bits per heavy atom. The van der Waals surface area contributed by atoms with Crippen molar-refractivity contribution in [2.24, 2.45) is 0 Å². The third-order valence-electron chi connectivity index (χ3n) is 6.31. The zero-order valence-electron chi connectivity index (χ0n) is 18.4. The van der Waals surface area contributed by atoms with Crippen molar-refractivity contribution < 1.29 is 9.53 Å². The van der Waals surface area contributed by atoms with E-state index >= 15 is 0 Å². The van der Waals surface area contributed by atoms with Crippen molar-refractivity contribution in [2.45, 2.75) is 62.2 Å². The van der Waals surface area contributed by atoms with E-state index in [1.54, 1.807) is 4.57 Å². The molecule has 3 aromatic rings. The first-order chi connectivity index (χ1) is 15.5. The monoisotopic (exact) mass is 449 g/mol. The van der Waals surface area contributed by atoms with E-state index in [4.69, 9.17) is 9.72 Å². The van der Waals surface area contributed by atoms with Crippen LogP contribution < -0.4 is 10.5 Å². The van der Waals surface area contributed by atoms with Crippen LogP contribution in [0.3, 0.4) is 0 Å². The van der Waals surface area contributed by atoms with E-state index in [-0.39, 0.29) is 28.9 Å². The Labute approximate surface area is 191 Å². The Kier molecular flexibility index (Phi) is 5.78. The van der Waals surface area contributed by atoms with Crippen LogP contribution in [0.15, 0.2) is 58.5 Å². The molecule has 166 valence electrons. The molecule has 0 aliphatic carbocycles. The SMILES string of the molecule is C[C@H](Sc1nc2ccccc2c(=O)n1C[C@H]1CCCO1)C(=O)N1c2ccccc2C[C@H]1C. The predicted octanol–water partition coefficient (Wildman–Crippen LogP) is 4.03. The molecule has 1 aromatic heterocycles. The summed E-state index contributed by atoms with van der Waals surface area (Å²) >= 11 is 1.36. The molecular weight excluding hydrogens is 422 g/mol. The lowest BCUT2D eigenvalue weighted by atomic mass is 10.1. The van der Waals surface area contributed by atoms with Crippen LogP contribution in [0.2, 0.25) is 0 Å². The molecule has 7 heteroatoms. The van der Waals surface area contributed by atoms with Gasteiger partial charge in [0.1, 0.15) is 0 Å². The average molecular weight is 450 g/mol. The number of nitrogens with zero attached hydrogens (tertiary/aromatic N) is 3. The number of rotatable bonds is 5.